The molecule has 0 saturated heterocycles. The number of amides is 1. The predicted molar refractivity (Wildman–Crippen MR) is 75.4 cm³/mol. The maximum atomic E-state index is 11.9. The molecule has 1 aliphatic carbocycles. The molecule has 2 atom stereocenters. The second-order valence-corrected chi connectivity index (χ2v) is 5.55. The Labute approximate surface area is 111 Å². The first kappa shape index (κ1) is 15.4. The van der Waals surface area contributed by atoms with Crippen LogP contribution in [0.15, 0.2) is 0 Å². The maximum Gasteiger partial charge on any atom is 0.236 e. The average molecular weight is 255 g/mol. The van der Waals surface area contributed by atoms with E-state index < -0.39 is 0 Å². The number of hydrogen-bond acceptors (Lipinski definition) is 3. The summed E-state index contributed by atoms with van der Waals surface area (Å²) in [6.07, 6.45) is 6.28. The van der Waals surface area contributed by atoms with Crippen LogP contribution in [0.4, 0.5) is 0 Å². The molecule has 106 valence electrons. The monoisotopic (exact) mass is 255 g/mol. The number of carbonyl (C=O) groups is 1. The van der Waals surface area contributed by atoms with Crippen LogP contribution in [0.5, 0.6) is 0 Å². The second-order valence-electron chi connectivity index (χ2n) is 5.55. The molecular weight excluding hydrogens is 226 g/mol. The zero-order valence-corrected chi connectivity index (χ0v) is 12.2. The molecule has 1 rings (SSSR count). The van der Waals surface area contributed by atoms with Crippen molar-refractivity contribution in [3.63, 3.8) is 0 Å². The molecule has 4 heteroatoms. The Kier molecular flexibility index (Phi) is 6.65. The van der Waals surface area contributed by atoms with E-state index in [2.05, 4.69) is 11.8 Å². The molecule has 1 saturated carbocycles. The van der Waals surface area contributed by atoms with Crippen molar-refractivity contribution in [1.29, 1.82) is 0 Å². The molecule has 1 aliphatic rings. The zero-order valence-electron chi connectivity index (χ0n) is 12.2. The van der Waals surface area contributed by atoms with Gasteiger partial charge in [0.2, 0.25) is 5.91 Å². The average Bonchev–Trinajstić information content (AvgIpc) is 2.60. The summed E-state index contributed by atoms with van der Waals surface area (Å²) in [4.78, 5) is 15.9. The van der Waals surface area contributed by atoms with Crippen molar-refractivity contribution >= 4 is 5.91 Å². The van der Waals surface area contributed by atoms with Crippen LogP contribution in [0, 0.1) is 5.92 Å². The first-order chi connectivity index (χ1) is 8.60. The lowest BCUT2D eigenvalue weighted by Gasteiger charge is -2.35. The molecule has 0 aromatic carbocycles. The molecule has 1 amide bonds. The van der Waals surface area contributed by atoms with Crippen LogP contribution in [-0.4, -0.2) is 55.5 Å². The topological polar surface area (TPSA) is 49.6 Å². The van der Waals surface area contributed by atoms with E-state index in [0.29, 0.717) is 18.5 Å². The third-order valence-corrected chi connectivity index (χ3v) is 4.13. The van der Waals surface area contributed by atoms with Gasteiger partial charge in [-0.3, -0.25) is 9.69 Å². The van der Waals surface area contributed by atoms with Crippen molar-refractivity contribution in [2.45, 2.75) is 45.1 Å². The predicted octanol–water partition coefficient (Wildman–Crippen LogP) is 1.30. The van der Waals surface area contributed by atoms with E-state index in [4.69, 9.17) is 5.73 Å². The molecule has 0 heterocycles. The minimum absolute atomic E-state index is 0.192. The van der Waals surface area contributed by atoms with Gasteiger partial charge in [0.25, 0.3) is 0 Å². The highest BCUT2D eigenvalue weighted by molar-refractivity contribution is 5.77. The Morgan fingerprint density at radius 2 is 1.89 bits per heavy atom. The van der Waals surface area contributed by atoms with E-state index in [1.807, 2.05) is 14.1 Å². The zero-order chi connectivity index (χ0) is 13.5. The normalized spacial score (nSPS) is 24.9. The van der Waals surface area contributed by atoms with Crippen molar-refractivity contribution in [3.05, 3.63) is 0 Å². The van der Waals surface area contributed by atoms with Crippen LogP contribution < -0.4 is 5.73 Å². The van der Waals surface area contributed by atoms with Crippen LogP contribution in [0.3, 0.4) is 0 Å². The molecule has 2 unspecified atom stereocenters. The lowest BCUT2D eigenvalue weighted by molar-refractivity contribution is -0.130. The summed E-state index contributed by atoms with van der Waals surface area (Å²) in [7, 11) is 3.65. The highest BCUT2D eigenvalue weighted by Crippen LogP contribution is 2.26. The Morgan fingerprint density at radius 1 is 1.22 bits per heavy atom. The summed E-state index contributed by atoms with van der Waals surface area (Å²) in [6, 6.07) is 0.492. The molecule has 0 aromatic heterocycles. The van der Waals surface area contributed by atoms with Crippen molar-refractivity contribution in [2.24, 2.45) is 11.7 Å². The molecule has 0 spiro atoms. The highest BCUT2D eigenvalue weighted by Gasteiger charge is 2.28. The lowest BCUT2D eigenvalue weighted by Crippen LogP contribution is -2.47. The Hall–Kier alpha value is -0.610. The van der Waals surface area contributed by atoms with E-state index in [0.717, 1.165) is 13.1 Å². The van der Waals surface area contributed by atoms with Gasteiger partial charge in [-0.2, -0.15) is 0 Å². The van der Waals surface area contributed by atoms with E-state index >= 15 is 0 Å². The fraction of sp³-hybridized carbons (Fsp3) is 0.929. The number of hydrogen-bond donors (Lipinski definition) is 1. The second kappa shape index (κ2) is 7.74. The van der Waals surface area contributed by atoms with Gasteiger partial charge in [-0.1, -0.05) is 26.2 Å². The fourth-order valence-corrected chi connectivity index (χ4v) is 2.90. The first-order valence-corrected chi connectivity index (χ1v) is 7.24. The number of carbonyl (C=O) groups excluding carboxylic acids is 1. The number of rotatable bonds is 5. The standard InChI is InChI=1S/C14H29N3O/c1-4-17(11-14(18)16(2)3)13-9-7-5-6-8-12(13)10-15/h12-13H,4-11,15H2,1-3H3. The van der Waals surface area contributed by atoms with E-state index in [9.17, 15) is 4.79 Å². The van der Waals surface area contributed by atoms with Gasteiger partial charge in [0.15, 0.2) is 0 Å². The summed E-state index contributed by atoms with van der Waals surface area (Å²) in [5, 5.41) is 0. The summed E-state index contributed by atoms with van der Waals surface area (Å²) in [6.45, 7) is 4.35. The Morgan fingerprint density at radius 3 is 2.44 bits per heavy atom. The number of nitrogens with two attached hydrogens (primary N) is 1. The summed E-state index contributed by atoms with van der Waals surface area (Å²) in [5.74, 6) is 0.749. The van der Waals surface area contributed by atoms with Crippen LogP contribution in [0.2, 0.25) is 0 Å². The van der Waals surface area contributed by atoms with Crippen LogP contribution >= 0.6 is 0 Å². The smallest absolute Gasteiger partial charge is 0.236 e. The molecule has 0 aromatic rings. The first-order valence-electron chi connectivity index (χ1n) is 7.24. The molecule has 4 nitrogen and oxygen atoms in total. The van der Waals surface area contributed by atoms with Crippen molar-refractivity contribution in [1.82, 2.24) is 9.80 Å². The number of nitrogens with zero attached hydrogens (tertiary/aromatic N) is 2. The van der Waals surface area contributed by atoms with Gasteiger partial charge in [-0.25, -0.2) is 0 Å². The molecule has 0 aliphatic heterocycles. The Balaban J connectivity index is 2.67. The molecule has 0 bridgehead atoms. The Bertz CT molecular complexity index is 255. The maximum absolute atomic E-state index is 11.9. The largest absolute Gasteiger partial charge is 0.348 e. The number of likely N-dealkylation sites (N-methyl/N-ethyl adjacent to an activating group) is 2. The fourth-order valence-electron chi connectivity index (χ4n) is 2.90. The van der Waals surface area contributed by atoms with E-state index in [-0.39, 0.29) is 5.91 Å². The molecule has 0 radical (unpaired) electrons. The third kappa shape index (κ3) is 4.25. The molecule has 2 N–H and O–H groups in total. The molecule has 1 fully saturated rings. The molecule has 18 heavy (non-hydrogen) atoms. The van der Waals surface area contributed by atoms with Gasteiger partial charge in [-0.05, 0) is 31.8 Å². The minimum Gasteiger partial charge on any atom is -0.348 e. The summed E-state index contributed by atoms with van der Waals surface area (Å²) >= 11 is 0. The van der Waals surface area contributed by atoms with Crippen molar-refractivity contribution in [2.75, 3.05) is 33.7 Å². The van der Waals surface area contributed by atoms with Gasteiger partial charge in [0, 0.05) is 20.1 Å². The third-order valence-electron chi connectivity index (χ3n) is 4.13. The van der Waals surface area contributed by atoms with Crippen LogP contribution in [-0.2, 0) is 4.79 Å². The minimum atomic E-state index is 0.192. The van der Waals surface area contributed by atoms with Gasteiger partial charge < -0.3 is 10.6 Å². The van der Waals surface area contributed by atoms with Gasteiger partial charge in [-0.15, -0.1) is 0 Å². The summed E-state index contributed by atoms with van der Waals surface area (Å²) < 4.78 is 0. The SMILES string of the molecule is CCN(CC(=O)N(C)C)C1CCCCCC1CN. The van der Waals surface area contributed by atoms with Crippen LogP contribution in [0.1, 0.15) is 39.0 Å². The van der Waals surface area contributed by atoms with E-state index in [1.165, 1.54) is 32.1 Å². The quantitative estimate of drug-likeness (QED) is 0.754. The van der Waals surface area contributed by atoms with E-state index in [1.54, 1.807) is 4.90 Å². The lowest BCUT2D eigenvalue weighted by atomic mass is 9.93. The highest BCUT2D eigenvalue weighted by atomic mass is 16.2. The van der Waals surface area contributed by atoms with Crippen LogP contribution in [0.25, 0.3) is 0 Å². The van der Waals surface area contributed by atoms with Gasteiger partial charge in [0.05, 0.1) is 6.54 Å². The molecular formula is C14H29N3O. The summed E-state index contributed by atoms with van der Waals surface area (Å²) in [5.41, 5.74) is 5.92. The van der Waals surface area contributed by atoms with Crippen molar-refractivity contribution < 1.29 is 4.79 Å². The van der Waals surface area contributed by atoms with Gasteiger partial charge in [0.1, 0.15) is 0 Å². The van der Waals surface area contributed by atoms with Crippen molar-refractivity contribution in [3.8, 4) is 0 Å². The van der Waals surface area contributed by atoms with Gasteiger partial charge >= 0.3 is 0 Å².